The lowest BCUT2D eigenvalue weighted by atomic mass is 10.0. The highest BCUT2D eigenvalue weighted by atomic mass is 16.5. The summed E-state index contributed by atoms with van der Waals surface area (Å²) >= 11 is 0. The molecule has 148 valence electrons. The fourth-order valence-electron chi connectivity index (χ4n) is 2.80. The molecular formula is C24H24N2O3. The van der Waals surface area contributed by atoms with Crippen LogP contribution in [0.2, 0.25) is 0 Å². The topological polar surface area (TPSA) is 67.4 Å². The predicted molar refractivity (Wildman–Crippen MR) is 115 cm³/mol. The van der Waals surface area contributed by atoms with E-state index in [2.05, 4.69) is 10.6 Å². The van der Waals surface area contributed by atoms with Gasteiger partial charge in [-0.2, -0.15) is 0 Å². The van der Waals surface area contributed by atoms with Crippen LogP contribution in [0.15, 0.2) is 78.9 Å². The molecule has 0 saturated carbocycles. The molecule has 29 heavy (non-hydrogen) atoms. The van der Waals surface area contributed by atoms with Gasteiger partial charge in [0.15, 0.2) is 0 Å². The highest BCUT2D eigenvalue weighted by Crippen LogP contribution is 2.19. The molecule has 2 amide bonds. The lowest BCUT2D eigenvalue weighted by Gasteiger charge is -2.11. The Morgan fingerprint density at radius 1 is 0.828 bits per heavy atom. The quantitative estimate of drug-likeness (QED) is 0.626. The molecule has 0 heterocycles. The molecule has 0 aliphatic carbocycles. The fourth-order valence-corrected chi connectivity index (χ4v) is 2.80. The van der Waals surface area contributed by atoms with Crippen molar-refractivity contribution in [2.45, 2.75) is 20.0 Å². The first-order valence-corrected chi connectivity index (χ1v) is 9.51. The number of benzene rings is 3. The van der Waals surface area contributed by atoms with Gasteiger partial charge in [0, 0.05) is 11.3 Å². The van der Waals surface area contributed by atoms with Crippen LogP contribution in [0.4, 0.5) is 5.69 Å². The lowest BCUT2D eigenvalue weighted by molar-refractivity contribution is -0.115. The average Bonchev–Trinajstić information content (AvgIpc) is 2.74. The van der Waals surface area contributed by atoms with Crippen LogP contribution < -0.4 is 15.4 Å². The number of rotatable bonds is 7. The van der Waals surface area contributed by atoms with Crippen molar-refractivity contribution in [1.29, 1.82) is 0 Å². The summed E-state index contributed by atoms with van der Waals surface area (Å²) in [5, 5.41) is 5.39. The molecule has 5 heteroatoms. The van der Waals surface area contributed by atoms with E-state index in [1.165, 1.54) is 0 Å². The molecule has 0 bridgehead atoms. The van der Waals surface area contributed by atoms with E-state index in [0.717, 1.165) is 16.9 Å². The number of carbonyl (C=O) groups excluding carboxylic acids is 2. The first kappa shape index (κ1) is 20.1. The van der Waals surface area contributed by atoms with Gasteiger partial charge < -0.3 is 15.4 Å². The highest BCUT2D eigenvalue weighted by molar-refractivity contribution is 5.99. The SMILES string of the molecule is CC(C)Oc1ccc(NC(=O)CNC(=O)c2ccc(-c3ccccc3)cc2)cc1. The van der Waals surface area contributed by atoms with Crippen LogP contribution in [0.5, 0.6) is 5.75 Å². The standard InChI is InChI=1S/C24H24N2O3/c1-17(2)29-22-14-12-21(13-15-22)26-23(27)16-25-24(28)20-10-8-19(9-11-20)18-6-4-3-5-7-18/h3-15,17H,16H2,1-2H3,(H,25,28)(H,26,27). The van der Waals surface area contributed by atoms with E-state index < -0.39 is 0 Å². The third-order valence-corrected chi connectivity index (χ3v) is 4.17. The van der Waals surface area contributed by atoms with Crippen LogP contribution in [0, 0.1) is 0 Å². The van der Waals surface area contributed by atoms with Crippen LogP contribution in [-0.2, 0) is 4.79 Å². The molecule has 2 N–H and O–H groups in total. The molecule has 0 atom stereocenters. The van der Waals surface area contributed by atoms with Crippen LogP contribution >= 0.6 is 0 Å². The lowest BCUT2D eigenvalue weighted by Crippen LogP contribution is -2.32. The van der Waals surface area contributed by atoms with Gasteiger partial charge in [-0.05, 0) is 61.4 Å². The average molecular weight is 388 g/mol. The normalized spacial score (nSPS) is 10.4. The maximum Gasteiger partial charge on any atom is 0.251 e. The largest absolute Gasteiger partial charge is 0.491 e. The first-order chi connectivity index (χ1) is 14.0. The van der Waals surface area contributed by atoms with E-state index >= 15 is 0 Å². The van der Waals surface area contributed by atoms with Crippen molar-refractivity contribution in [3.63, 3.8) is 0 Å². The molecule has 3 aromatic carbocycles. The molecule has 3 aromatic rings. The Bertz CT molecular complexity index is 950. The Morgan fingerprint density at radius 3 is 2.07 bits per heavy atom. The molecule has 0 spiro atoms. The van der Waals surface area contributed by atoms with Crippen molar-refractivity contribution in [2.24, 2.45) is 0 Å². The minimum Gasteiger partial charge on any atom is -0.491 e. The molecular weight excluding hydrogens is 364 g/mol. The zero-order chi connectivity index (χ0) is 20.6. The van der Waals surface area contributed by atoms with Gasteiger partial charge in [0.25, 0.3) is 5.91 Å². The number of hydrogen-bond acceptors (Lipinski definition) is 3. The zero-order valence-corrected chi connectivity index (χ0v) is 16.5. The van der Waals surface area contributed by atoms with E-state index in [9.17, 15) is 9.59 Å². The molecule has 0 saturated heterocycles. The molecule has 5 nitrogen and oxygen atoms in total. The minimum atomic E-state index is -0.295. The van der Waals surface area contributed by atoms with Gasteiger partial charge in [0.05, 0.1) is 12.6 Å². The van der Waals surface area contributed by atoms with Gasteiger partial charge >= 0.3 is 0 Å². The van der Waals surface area contributed by atoms with Gasteiger partial charge in [-0.3, -0.25) is 9.59 Å². The van der Waals surface area contributed by atoms with Crippen LogP contribution in [0.1, 0.15) is 24.2 Å². The maximum absolute atomic E-state index is 12.3. The van der Waals surface area contributed by atoms with Crippen molar-refractivity contribution in [3.05, 3.63) is 84.4 Å². The Labute approximate surface area is 170 Å². The Hall–Kier alpha value is -3.60. The summed E-state index contributed by atoms with van der Waals surface area (Å²) in [7, 11) is 0. The number of anilines is 1. The third kappa shape index (κ3) is 5.94. The van der Waals surface area contributed by atoms with Crippen LogP contribution in [-0.4, -0.2) is 24.5 Å². The molecule has 0 aromatic heterocycles. The van der Waals surface area contributed by atoms with Gasteiger partial charge in [-0.15, -0.1) is 0 Å². The summed E-state index contributed by atoms with van der Waals surface area (Å²) in [6.45, 7) is 3.80. The van der Waals surface area contributed by atoms with Gasteiger partial charge in [-0.1, -0.05) is 42.5 Å². The molecule has 3 rings (SSSR count). The van der Waals surface area contributed by atoms with Crippen molar-refractivity contribution >= 4 is 17.5 Å². The number of nitrogens with one attached hydrogen (secondary N) is 2. The second-order valence-electron chi connectivity index (χ2n) is 6.87. The highest BCUT2D eigenvalue weighted by Gasteiger charge is 2.09. The van der Waals surface area contributed by atoms with E-state index in [-0.39, 0.29) is 24.5 Å². The molecule has 0 radical (unpaired) electrons. The number of ether oxygens (including phenoxy) is 1. The van der Waals surface area contributed by atoms with E-state index in [1.807, 2.05) is 56.3 Å². The zero-order valence-electron chi connectivity index (χ0n) is 16.5. The van der Waals surface area contributed by atoms with Gasteiger partial charge in [0.1, 0.15) is 5.75 Å². The van der Waals surface area contributed by atoms with E-state index in [0.29, 0.717) is 11.3 Å². The van der Waals surface area contributed by atoms with Crippen LogP contribution in [0.3, 0.4) is 0 Å². The van der Waals surface area contributed by atoms with E-state index in [1.54, 1.807) is 36.4 Å². The van der Waals surface area contributed by atoms with Crippen molar-refractivity contribution in [2.75, 3.05) is 11.9 Å². The molecule has 0 unspecified atom stereocenters. The summed E-state index contributed by atoms with van der Waals surface area (Å²) in [6.07, 6.45) is 0.0902. The third-order valence-electron chi connectivity index (χ3n) is 4.17. The maximum atomic E-state index is 12.3. The van der Waals surface area contributed by atoms with E-state index in [4.69, 9.17) is 4.74 Å². The number of hydrogen-bond donors (Lipinski definition) is 2. The smallest absolute Gasteiger partial charge is 0.251 e. The van der Waals surface area contributed by atoms with Crippen LogP contribution in [0.25, 0.3) is 11.1 Å². The summed E-state index contributed by atoms with van der Waals surface area (Å²) in [5.74, 6) is 0.155. The second kappa shape index (κ2) is 9.55. The summed E-state index contributed by atoms with van der Waals surface area (Å²) in [5.41, 5.74) is 3.27. The Balaban J connectivity index is 1.50. The molecule has 0 aliphatic heterocycles. The monoisotopic (exact) mass is 388 g/mol. The molecule has 0 aliphatic rings. The fraction of sp³-hybridized carbons (Fsp3) is 0.167. The number of amides is 2. The Morgan fingerprint density at radius 2 is 1.45 bits per heavy atom. The Kier molecular flexibility index (Phi) is 6.63. The van der Waals surface area contributed by atoms with Gasteiger partial charge in [-0.25, -0.2) is 0 Å². The number of carbonyl (C=O) groups is 2. The van der Waals surface area contributed by atoms with Gasteiger partial charge in [0.2, 0.25) is 5.91 Å². The van der Waals surface area contributed by atoms with Crippen molar-refractivity contribution in [1.82, 2.24) is 5.32 Å². The predicted octanol–water partition coefficient (Wildman–Crippen LogP) is 4.51. The summed E-state index contributed by atoms with van der Waals surface area (Å²) < 4.78 is 5.57. The first-order valence-electron chi connectivity index (χ1n) is 9.51. The van der Waals surface area contributed by atoms with Crippen molar-refractivity contribution < 1.29 is 14.3 Å². The summed E-state index contributed by atoms with van der Waals surface area (Å²) in [4.78, 5) is 24.4. The summed E-state index contributed by atoms with van der Waals surface area (Å²) in [6, 6.07) is 24.3. The second-order valence-corrected chi connectivity index (χ2v) is 6.87. The molecule has 0 fully saturated rings. The van der Waals surface area contributed by atoms with Crippen molar-refractivity contribution in [3.8, 4) is 16.9 Å². The minimum absolute atomic E-state index is 0.0902.